The third-order valence-electron chi connectivity index (χ3n) is 4.14. The van der Waals surface area contributed by atoms with Crippen LogP contribution in [-0.2, 0) is 0 Å². The summed E-state index contributed by atoms with van der Waals surface area (Å²) >= 11 is 9.25. The summed E-state index contributed by atoms with van der Waals surface area (Å²) in [5.74, 6) is -0.0930. The Morgan fingerprint density at radius 1 is 1.42 bits per heavy atom. The fourth-order valence-corrected chi connectivity index (χ4v) is 3.02. The molecule has 1 heterocycles. The van der Waals surface area contributed by atoms with Crippen LogP contribution in [0.3, 0.4) is 0 Å². The van der Waals surface area contributed by atoms with E-state index in [-0.39, 0.29) is 24.1 Å². The zero-order valence-corrected chi connectivity index (χ0v) is 15.4. The van der Waals surface area contributed by atoms with E-state index in [0.717, 1.165) is 18.4 Å². The summed E-state index contributed by atoms with van der Waals surface area (Å²) in [7, 11) is 0. The second kappa shape index (κ2) is 6.78. The lowest BCUT2D eigenvalue weighted by molar-refractivity contribution is 0.0353. The number of nitrogens with one attached hydrogen (secondary N) is 1. The van der Waals surface area contributed by atoms with Gasteiger partial charge in [-0.05, 0) is 53.7 Å². The summed E-state index contributed by atoms with van der Waals surface area (Å²) in [4.78, 5) is 20.9. The molecule has 1 saturated carbocycles. The first-order chi connectivity index (χ1) is 11.4. The van der Waals surface area contributed by atoms with Crippen LogP contribution in [0, 0.1) is 5.92 Å². The molecule has 5 nitrogen and oxygen atoms in total. The van der Waals surface area contributed by atoms with Gasteiger partial charge in [-0.3, -0.25) is 4.79 Å². The first-order valence-electron chi connectivity index (χ1n) is 7.66. The van der Waals surface area contributed by atoms with Gasteiger partial charge in [0.1, 0.15) is 16.0 Å². The Morgan fingerprint density at radius 3 is 2.71 bits per heavy atom. The summed E-state index contributed by atoms with van der Waals surface area (Å²) in [6.45, 7) is 1.95. The quantitative estimate of drug-likeness (QED) is 0.791. The maximum atomic E-state index is 12.3. The molecule has 126 valence electrons. The van der Waals surface area contributed by atoms with Crippen molar-refractivity contribution in [2.75, 3.05) is 6.54 Å². The number of benzene rings is 1. The molecular formula is C17H17BrClN3O2. The first kappa shape index (κ1) is 17.3. The number of carbonyl (C=O) groups is 1. The van der Waals surface area contributed by atoms with Crippen molar-refractivity contribution in [2.45, 2.75) is 25.4 Å². The monoisotopic (exact) mass is 409 g/mol. The Labute approximate surface area is 153 Å². The Hall–Kier alpha value is -1.50. The number of rotatable bonds is 5. The SMILES string of the molecule is C[C@](O)(CNC(=O)c1cnc(Br)c(-c2ccc(Cl)cc2)n1)C1CC1. The van der Waals surface area contributed by atoms with Crippen LogP contribution >= 0.6 is 27.5 Å². The highest BCUT2D eigenvalue weighted by Crippen LogP contribution is 2.39. The predicted molar refractivity (Wildman–Crippen MR) is 95.9 cm³/mol. The van der Waals surface area contributed by atoms with Gasteiger partial charge < -0.3 is 10.4 Å². The van der Waals surface area contributed by atoms with Gasteiger partial charge in [-0.15, -0.1) is 0 Å². The standard InChI is InChI=1S/C17H17BrClN3O2/c1-17(24,11-4-5-11)9-21-16(23)13-8-20-15(18)14(22-13)10-2-6-12(19)7-3-10/h2-3,6-8,11,24H,4-5,9H2,1H3,(H,21,23)/t17-/m0/s1. The van der Waals surface area contributed by atoms with E-state index in [1.807, 2.05) is 12.1 Å². The van der Waals surface area contributed by atoms with Crippen molar-refractivity contribution in [3.63, 3.8) is 0 Å². The number of carbonyl (C=O) groups excluding carboxylic acids is 1. The maximum absolute atomic E-state index is 12.3. The number of halogens is 2. The Balaban J connectivity index is 1.77. The summed E-state index contributed by atoms with van der Waals surface area (Å²) in [5, 5.41) is 13.6. The van der Waals surface area contributed by atoms with Crippen LogP contribution in [0.4, 0.5) is 0 Å². The molecule has 1 aromatic heterocycles. The number of aliphatic hydroxyl groups is 1. The van der Waals surface area contributed by atoms with Crippen LogP contribution in [0.25, 0.3) is 11.3 Å². The van der Waals surface area contributed by atoms with Crippen LogP contribution in [0.5, 0.6) is 0 Å². The van der Waals surface area contributed by atoms with Gasteiger partial charge in [0.25, 0.3) is 5.91 Å². The van der Waals surface area contributed by atoms with E-state index in [0.29, 0.717) is 15.3 Å². The molecule has 0 radical (unpaired) electrons. The zero-order chi connectivity index (χ0) is 17.3. The van der Waals surface area contributed by atoms with Crippen LogP contribution in [0.2, 0.25) is 5.02 Å². The second-order valence-corrected chi connectivity index (χ2v) is 7.40. The molecule has 0 saturated heterocycles. The minimum atomic E-state index is -0.878. The maximum Gasteiger partial charge on any atom is 0.271 e. The number of amides is 1. The van der Waals surface area contributed by atoms with Gasteiger partial charge in [0, 0.05) is 17.1 Å². The minimum absolute atomic E-state index is 0.199. The third-order valence-corrected chi connectivity index (χ3v) is 4.97. The summed E-state index contributed by atoms with van der Waals surface area (Å²) in [6.07, 6.45) is 3.41. The molecule has 0 bridgehead atoms. The highest BCUT2D eigenvalue weighted by atomic mass is 79.9. The average Bonchev–Trinajstić information content (AvgIpc) is 3.40. The van der Waals surface area contributed by atoms with E-state index in [2.05, 4.69) is 31.2 Å². The molecule has 1 atom stereocenters. The van der Waals surface area contributed by atoms with E-state index in [1.165, 1.54) is 6.20 Å². The summed E-state index contributed by atoms with van der Waals surface area (Å²) in [5.41, 5.74) is 0.693. The molecule has 0 aliphatic heterocycles. The van der Waals surface area contributed by atoms with Crippen LogP contribution in [0.15, 0.2) is 35.1 Å². The van der Waals surface area contributed by atoms with E-state index in [1.54, 1.807) is 19.1 Å². The van der Waals surface area contributed by atoms with Gasteiger partial charge in [0.15, 0.2) is 0 Å². The summed E-state index contributed by atoms with van der Waals surface area (Å²) in [6, 6.07) is 7.14. The third kappa shape index (κ3) is 3.94. The van der Waals surface area contributed by atoms with Crippen molar-refractivity contribution in [2.24, 2.45) is 5.92 Å². The molecular weight excluding hydrogens is 394 g/mol. The first-order valence-corrected chi connectivity index (χ1v) is 8.83. The van der Waals surface area contributed by atoms with Crippen LogP contribution < -0.4 is 5.32 Å². The normalized spacial score (nSPS) is 16.5. The molecule has 7 heteroatoms. The molecule has 3 rings (SSSR count). The number of hydrogen-bond acceptors (Lipinski definition) is 4. The van der Waals surface area contributed by atoms with Gasteiger partial charge in [-0.1, -0.05) is 23.7 Å². The molecule has 0 spiro atoms. The Bertz CT molecular complexity index is 761. The molecule has 1 aliphatic carbocycles. The number of aromatic nitrogens is 2. The van der Waals surface area contributed by atoms with E-state index in [4.69, 9.17) is 11.6 Å². The number of hydrogen-bond donors (Lipinski definition) is 2. The van der Waals surface area contributed by atoms with E-state index < -0.39 is 5.60 Å². The van der Waals surface area contributed by atoms with Crippen molar-refractivity contribution >= 4 is 33.4 Å². The van der Waals surface area contributed by atoms with Gasteiger partial charge in [0.05, 0.1) is 11.8 Å². The lowest BCUT2D eigenvalue weighted by atomic mass is 10.0. The predicted octanol–water partition coefficient (Wildman–Crippen LogP) is 3.45. The molecule has 1 fully saturated rings. The Kier molecular flexibility index (Phi) is 4.90. The van der Waals surface area contributed by atoms with Gasteiger partial charge in [-0.25, -0.2) is 9.97 Å². The van der Waals surface area contributed by atoms with Gasteiger partial charge in [-0.2, -0.15) is 0 Å². The molecule has 0 unspecified atom stereocenters. The van der Waals surface area contributed by atoms with Crippen molar-refractivity contribution in [3.8, 4) is 11.3 Å². The van der Waals surface area contributed by atoms with Crippen molar-refractivity contribution in [3.05, 3.63) is 45.8 Å². The van der Waals surface area contributed by atoms with E-state index in [9.17, 15) is 9.90 Å². The average molecular weight is 411 g/mol. The fourth-order valence-electron chi connectivity index (χ4n) is 2.47. The molecule has 24 heavy (non-hydrogen) atoms. The smallest absolute Gasteiger partial charge is 0.271 e. The molecule has 1 amide bonds. The van der Waals surface area contributed by atoms with E-state index >= 15 is 0 Å². The second-order valence-electron chi connectivity index (χ2n) is 6.22. The van der Waals surface area contributed by atoms with Crippen molar-refractivity contribution in [1.82, 2.24) is 15.3 Å². The largest absolute Gasteiger partial charge is 0.388 e. The molecule has 1 aliphatic rings. The van der Waals surface area contributed by atoms with Crippen molar-refractivity contribution < 1.29 is 9.90 Å². The van der Waals surface area contributed by atoms with Gasteiger partial charge >= 0.3 is 0 Å². The molecule has 1 aromatic carbocycles. The topological polar surface area (TPSA) is 75.1 Å². The molecule has 2 N–H and O–H groups in total. The van der Waals surface area contributed by atoms with Crippen molar-refractivity contribution in [1.29, 1.82) is 0 Å². The fraction of sp³-hybridized carbons (Fsp3) is 0.353. The van der Waals surface area contributed by atoms with Crippen LogP contribution in [-0.4, -0.2) is 33.1 Å². The minimum Gasteiger partial charge on any atom is -0.388 e. The highest BCUT2D eigenvalue weighted by molar-refractivity contribution is 9.10. The zero-order valence-electron chi connectivity index (χ0n) is 13.1. The summed E-state index contributed by atoms with van der Waals surface area (Å²) < 4.78 is 0.548. The number of nitrogens with zero attached hydrogens (tertiary/aromatic N) is 2. The lowest BCUT2D eigenvalue weighted by Gasteiger charge is -2.23. The van der Waals surface area contributed by atoms with Gasteiger partial charge in [0.2, 0.25) is 0 Å². The van der Waals surface area contributed by atoms with Crippen LogP contribution in [0.1, 0.15) is 30.3 Å². The Morgan fingerprint density at radius 2 is 2.08 bits per heavy atom. The highest BCUT2D eigenvalue weighted by Gasteiger charge is 2.40. The molecule has 2 aromatic rings. The lowest BCUT2D eigenvalue weighted by Crippen LogP contribution is -2.42.